The van der Waals surface area contributed by atoms with Crippen LogP contribution in [0.5, 0.6) is 0 Å². The summed E-state index contributed by atoms with van der Waals surface area (Å²) in [7, 11) is 0. The molecule has 2 saturated heterocycles. The minimum absolute atomic E-state index is 0.0220. The highest BCUT2D eigenvalue weighted by Crippen LogP contribution is 2.38. The zero-order valence-electron chi connectivity index (χ0n) is 21.3. The molecule has 1 aromatic heterocycles. The quantitative estimate of drug-likeness (QED) is 0.144. The Balaban J connectivity index is 0.000000373. The van der Waals surface area contributed by atoms with Gasteiger partial charge in [-0.1, -0.05) is 20.3 Å². The number of thiol groups is 1. The van der Waals surface area contributed by atoms with Crippen molar-refractivity contribution >= 4 is 24.5 Å². The largest absolute Gasteiger partial charge is 0.463 e. The summed E-state index contributed by atoms with van der Waals surface area (Å²) in [6.45, 7) is 8.37. The van der Waals surface area contributed by atoms with Crippen molar-refractivity contribution in [3.8, 4) is 0 Å². The summed E-state index contributed by atoms with van der Waals surface area (Å²) in [6, 6.07) is 0.252. The van der Waals surface area contributed by atoms with E-state index in [0.29, 0.717) is 6.42 Å². The van der Waals surface area contributed by atoms with Gasteiger partial charge in [-0.05, 0) is 33.3 Å². The number of ether oxygens (including phenoxy) is 3. The van der Waals surface area contributed by atoms with Gasteiger partial charge >= 0.3 is 5.97 Å². The molecule has 2 aliphatic heterocycles. The number of esters is 1. The first kappa shape index (κ1) is 30.6. The first-order chi connectivity index (χ1) is 17.0. The number of epoxide rings is 1. The van der Waals surface area contributed by atoms with E-state index in [1.807, 2.05) is 13.8 Å². The van der Waals surface area contributed by atoms with E-state index in [2.05, 4.69) is 17.9 Å². The Kier molecular flexibility index (Phi) is 11.7. The number of hydrogen-bond acceptors (Lipinski definition) is 11. The van der Waals surface area contributed by atoms with Gasteiger partial charge in [0.05, 0.1) is 19.3 Å². The van der Waals surface area contributed by atoms with Crippen LogP contribution in [0.4, 0.5) is 0 Å². The number of carbonyl (C=O) groups excluding carboxylic acids is 2. The maximum atomic E-state index is 12.4. The highest BCUT2D eigenvalue weighted by molar-refractivity contribution is 7.80. The predicted molar refractivity (Wildman–Crippen MR) is 131 cm³/mol. The summed E-state index contributed by atoms with van der Waals surface area (Å²) in [5, 5.41) is 41.2. The van der Waals surface area contributed by atoms with Gasteiger partial charge in [0.15, 0.2) is 0 Å². The summed E-state index contributed by atoms with van der Waals surface area (Å²) in [4.78, 5) is 24.3. The average Bonchev–Trinajstić information content (AvgIpc) is 3.56. The summed E-state index contributed by atoms with van der Waals surface area (Å²) in [5.74, 6) is -0.844. The third-order valence-corrected chi connectivity index (χ3v) is 6.56. The molecule has 1 amide bonds. The van der Waals surface area contributed by atoms with E-state index in [9.17, 15) is 24.9 Å². The van der Waals surface area contributed by atoms with Crippen LogP contribution in [0.25, 0.3) is 0 Å². The smallest absolute Gasteiger partial charge is 0.341 e. The number of hydrogen-bond donors (Lipinski definition) is 6. The second-order valence-electron chi connectivity index (χ2n) is 9.04. The Morgan fingerprint density at radius 1 is 1.22 bits per heavy atom. The van der Waals surface area contributed by atoms with Gasteiger partial charge in [0, 0.05) is 5.92 Å². The number of rotatable bonds is 10. The molecule has 0 saturated carbocycles. The predicted octanol–water partition coefficient (Wildman–Crippen LogP) is 0.862. The van der Waals surface area contributed by atoms with Crippen molar-refractivity contribution in [1.82, 2.24) is 5.32 Å². The van der Waals surface area contributed by atoms with Crippen LogP contribution in [-0.4, -0.2) is 87.6 Å². The fraction of sp³-hybridized carbons (Fsp3) is 0.750. The molecule has 9 atom stereocenters. The van der Waals surface area contributed by atoms with Crippen molar-refractivity contribution in [1.29, 1.82) is 0 Å². The highest BCUT2D eigenvalue weighted by atomic mass is 32.1. The van der Waals surface area contributed by atoms with Crippen LogP contribution in [-0.2, 0) is 19.0 Å². The zero-order valence-corrected chi connectivity index (χ0v) is 22.2. The van der Waals surface area contributed by atoms with Gasteiger partial charge in [0.2, 0.25) is 5.91 Å². The van der Waals surface area contributed by atoms with Gasteiger partial charge in [-0.25, -0.2) is 4.79 Å². The first-order valence-corrected chi connectivity index (χ1v) is 12.7. The van der Waals surface area contributed by atoms with Crippen LogP contribution in [0.2, 0.25) is 0 Å². The first-order valence-electron chi connectivity index (χ1n) is 12.2. The maximum absolute atomic E-state index is 12.4. The molecule has 36 heavy (non-hydrogen) atoms. The molecular weight excluding hydrogens is 494 g/mol. The molecule has 0 aromatic carbocycles. The van der Waals surface area contributed by atoms with Crippen LogP contribution in [0.3, 0.4) is 0 Å². The molecule has 11 nitrogen and oxygen atoms in total. The Morgan fingerprint density at radius 3 is 2.47 bits per heavy atom. The number of furan rings is 1. The maximum Gasteiger partial charge on any atom is 0.341 e. The lowest BCUT2D eigenvalue weighted by atomic mass is 10.00. The van der Waals surface area contributed by atoms with Gasteiger partial charge in [-0.2, -0.15) is 0 Å². The number of aryl methyl sites for hydroxylation is 1. The molecule has 0 bridgehead atoms. The van der Waals surface area contributed by atoms with E-state index in [1.54, 1.807) is 20.8 Å². The molecule has 2 fully saturated rings. The Bertz CT molecular complexity index is 862. The summed E-state index contributed by atoms with van der Waals surface area (Å²) in [6.07, 6.45) is -1.92. The van der Waals surface area contributed by atoms with Crippen LogP contribution in [0, 0.1) is 12.8 Å². The molecule has 2 aliphatic rings. The molecule has 0 radical (unpaired) electrons. The number of aliphatic hydroxyl groups excluding tert-OH is 4. The van der Waals surface area contributed by atoms with Gasteiger partial charge in [0.1, 0.15) is 59.1 Å². The fourth-order valence-corrected chi connectivity index (χ4v) is 4.27. The van der Waals surface area contributed by atoms with Crippen molar-refractivity contribution in [2.75, 3.05) is 13.2 Å². The van der Waals surface area contributed by atoms with Crippen molar-refractivity contribution in [3.05, 3.63) is 23.2 Å². The van der Waals surface area contributed by atoms with E-state index in [-0.39, 0.29) is 59.3 Å². The third kappa shape index (κ3) is 7.67. The second-order valence-corrected chi connectivity index (χ2v) is 9.55. The molecule has 1 aromatic rings. The Hall–Kier alpha value is -1.67. The van der Waals surface area contributed by atoms with E-state index in [0.717, 1.165) is 6.42 Å². The zero-order chi connectivity index (χ0) is 27.2. The van der Waals surface area contributed by atoms with E-state index in [4.69, 9.17) is 23.7 Å². The second kappa shape index (κ2) is 13.8. The topological polar surface area (TPSA) is 171 Å². The van der Waals surface area contributed by atoms with Gasteiger partial charge in [-0.15, -0.1) is 12.6 Å². The highest BCUT2D eigenvalue weighted by Gasteiger charge is 2.54. The van der Waals surface area contributed by atoms with Gasteiger partial charge in [0.25, 0.3) is 0 Å². The Labute approximate surface area is 216 Å². The number of aliphatic hydroxyl groups is 4. The van der Waals surface area contributed by atoms with Crippen molar-refractivity contribution in [2.24, 2.45) is 5.92 Å². The SMILES string of the molecule is CC1OC(S)C(O)C2OC12.CCCC(C)C(=O)NC(c1cc(C(=O)OCC)c(C)o1)C(O)C(O)CO. The third-order valence-electron chi connectivity index (χ3n) is 6.14. The number of carbonyl (C=O) groups is 2. The number of fused-ring (bicyclic) bond motifs is 1. The summed E-state index contributed by atoms with van der Waals surface area (Å²) < 4.78 is 20.9. The molecule has 0 aliphatic carbocycles. The van der Waals surface area contributed by atoms with Crippen LogP contribution in [0.15, 0.2) is 10.5 Å². The molecular formula is C24H39NO10S. The monoisotopic (exact) mass is 533 g/mol. The van der Waals surface area contributed by atoms with Crippen molar-refractivity contribution < 1.29 is 48.6 Å². The molecule has 12 heteroatoms. The fourth-order valence-electron chi connectivity index (χ4n) is 3.91. The van der Waals surface area contributed by atoms with Crippen LogP contribution in [0.1, 0.15) is 68.5 Å². The number of nitrogens with one attached hydrogen (secondary N) is 1. The Morgan fingerprint density at radius 2 is 1.89 bits per heavy atom. The van der Waals surface area contributed by atoms with Crippen molar-refractivity contribution in [3.63, 3.8) is 0 Å². The van der Waals surface area contributed by atoms with Gasteiger partial charge < -0.3 is 44.4 Å². The van der Waals surface area contributed by atoms with Crippen molar-refractivity contribution in [2.45, 2.75) is 95.6 Å². The molecule has 3 heterocycles. The average molecular weight is 534 g/mol. The minimum atomic E-state index is -1.52. The minimum Gasteiger partial charge on any atom is -0.463 e. The van der Waals surface area contributed by atoms with Gasteiger partial charge in [-0.3, -0.25) is 4.79 Å². The lowest BCUT2D eigenvalue weighted by Crippen LogP contribution is -2.44. The lowest BCUT2D eigenvalue weighted by Gasteiger charge is -2.26. The number of amides is 1. The van der Waals surface area contributed by atoms with Crippen LogP contribution >= 0.6 is 12.6 Å². The standard InChI is InChI=1S/C18H29NO7.C6H10O3S/c1-5-7-10(3)17(23)19-15(16(22)13(21)9-20)14-8-12(11(4)26-14)18(24)25-6-2;1-2-4-5(9-4)3(7)6(10)8-2/h8,10,13,15-16,20-22H,5-7,9H2,1-4H3,(H,19,23);2-7,10H,1H3. The molecule has 206 valence electrons. The molecule has 9 unspecified atom stereocenters. The summed E-state index contributed by atoms with van der Waals surface area (Å²) >= 11 is 4.05. The molecule has 3 rings (SSSR count). The van der Waals surface area contributed by atoms with Crippen LogP contribution < -0.4 is 5.32 Å². The lowest BCUT2D eigenvalue weighted by molar-refractivity contribution is -0.127. The molecule has 5 N–H and O–H groups in total. The van der Waals surface area contributed by atoms with E-state index in [1.165, 1.54) is 6.07 Å². The van der Waals surface area contributed by atoms with E-state index >= 15 is 0 Å². The van der Waals surface area contributed by atoms with E-state index < -0.39 is 36.9 Å². The normalized spacial score (nSPS) is 28.0. The molecule has 0 spiro atoms. The summed E-state index contributed by atoms with van der Waals surface area (Å²) in [5.41, 5.74) is -0.202.